The van der Waals surface area contributed by atoms with Crippen LogP contribution < -0.4 is 16.6 Å². The van der Waals surface area contributed by atoms with Crippen molar-refractivity contribution < 1.29 is 14.1 Å². The zero-order valence-electron chi connectivity index (χ0n) is 10.3. The van der Waals surface area contributed by atoms with Gasteiger partial charge in [0.1, 0.15) is 5.56 Å². The molecule has 0 unspecified atom stereocenters. The Morgan fingerprint density at radius 1 is 1.45 bits per heavy atom. The van der Waals surface area contributed by atoms with Crippen LogP contribution in [0.15, 0.2) is 22.6 Å². The van der Waals surface area contributed by atoms with Crippen molar-refractivity contribution in [3.63, 3.8) is 0 Å². The minimum Gasteiger partial charge on any atom is -0.408 e. The van der Waals surface area contributed by atoms with E-state index in [2.05, 4.69) is 20.9 Å². The van der Waals surface area contributed by atoms with Crippen LogP contribution in [0.4, 0.5) is 17.4 Å². The highest BCUT2D eigenvalue weighted by molar-refractivity contribution is 6.06. The second kappa shape index (κ2) is 5.32. The number of carbonyl (C=O) groups excluding carboxylic acids is 1. The largest absolute Gasteiger partial charge is 0.408 e. The fourth-order valence-corrected chi connectivity index (χ4v) is 1.48. The Hall–Kier alpha value is -3.01. The number of nitrogens with two attached hydrogens (primary N) is 1. The van der Waals surface area contributed by atoms with Crippen LogP contribution in [0.3, 0.4) is 0 Å². The molecule has 2 rings (SSSR count). The number of rotatable bonds is 4. The molecule has 10 nitrogen and oxygen atoms in total. The molecule has 0 aliphatic carbocycles. The van der Waals surface area contributed by atoms with Gasteiger partial charge in [-0.25, -0.2) is 0 Å². The van der Waals surface area contributed by atoms with E-state index in [1.54, 1.807) is 6.92 Å². The number of hydrogen-bond acceptors (Lipinski definition) is 8. The van der Waals surface area contributed by atoms with E-state index in [9.17, 15) is 14.9 Å². The number of aromatic nitrogens is 2. The number of aryl methyl sites for hydroxylation is 1. The van der Waals surface area contributed by atoms with Crippen LogP contribution in [-0.2, 0) is 0 Å². The van der Waals surface area contributed by atoms with Crippen molar-refractivity contribution >= 4 is 23.3 Å². The zero-order chi connectivity index (χ0) is 14.7. The molecular weight excluding hydrogens is 268 g/mol. The van der Waals surface area contributed by atoms with Crippen molar-refractivity contribution in [2.24, 2.45) is 5.84 Å². The Kier molecular flexibility index (Phi) is 3.57. The number of nitrogens with zero attached hydrogens (tertiary/aromatic N) is 3. The zero-order valence-corrected chi connectivity index (χ0v) is 10.3. The minimum atomic E-state index is -0.752. The average molecular weight is 278 g/mol. The number of benzene rings is 1. The predicted octanol–water partition coefficient (Wildman–Crippen LogP) is 0.824. The van der Waals surface area contributed by atoms with Gasteiger partial charge in [0.05, 0.1) is 4.92 Å². The number of nitro groups is 1. The topological polar surface area (TPSA) is 149 Å². The lowest BCUT2D eigenvalue weighted by Gasteiger charge is -2.05. The minimum absolute atomic E-state index is 0.145. The van der Waals surface area contributed by atoms with Crippen molar-refractivity contribution in [3.05, 3.63) is 39.8 Å². The van der Waals surface area contributed by atoms with E-state index in [0.717, 1.165) is 0 Å². The number of hydrogen-bond donors (Lipinski definition) is 3. The summed E-state index contributed by atoms with van der Waals surface area (Å²) in [5, 5.41) is 20.3. The summed E-state index contributed by atoms with van der Waals surface area (Å²) in [5.74, 6) is 4.71. The first-order chi connectivity index (χ1) is 9.51. The Bertz CT molecular complexity index is 668. The molecule has 0 saturated heterocycles. The van der Waals surface area contributed by atoms with Crippen molar-refractivity contribution in [2.75, 3.05) is 10.7 Å². The number of nitrogen functional groups attached to an aromatic ring is 1. The number of anilines is 2. The molecule has 4 N–H and O–H groups in total. The van der Waals surface area contributed by atoms with Gasteiger partial charge in [-0.3, -0.25) is 26.1 Å². The van der Waals surface area contributed by atoms with Gasteiger partial charge in [0.2, 0.25) is 5.89 Å². The third-order valence-corrected chi connectivity index (χ3v) is 2.35. The first kappa shape index (κ1) is 13.4. The summed E-state index contributed by atoms with van der Waals surface area (Å²) in [4.78, 5) is 22.2. The number of nitro benzene ring substituents is 1. The molecule has 0 aliphatic rings. The predicted molar refractivity (Wildman–Crippen MR) is 67.9 cm³/mol. The van der Waals surface area contributed by atoms with E-state index in [1.807, 2.05) is 0 Å². The smallest absolute Gasteiger partial charge is 0.322 e. The molecule has 20 heavy (non-hydrogen) atoms. The van der Waals surface area contributed by atoms with Crippen molar-refractivity contribution in [1.82, 2.24) is 10.2 Å². The van der Waals surface area contributed by atoms with Gasteiger partial charge in [0.15, 0.2) is 0 Å². The highest BCUT2D eigenvalue weighted by Gasteiger charge is 2.22. The lowest BCUT2D eigenvalue weighted by molar-refractivity contribution is -0.385. The maximum atomic E-state index is 12.0. The second-order valence-corrected chi connectivity index (χ2v) is 3.71. The molecule has 1 aromatic carbocycles. The van der Waals surface area contributed by atoms with E-state index in [-0.39, 0.29) is 23.2 Å². The van der Waals surface area contributed by atoms with Gasteiger partial charge in [-0.15, -0.1) is 5.10 Å². The van der Waals surface area contributed by atoms with E-state index < -0.39 is 10.8 Å². The molecule has 10 heteroatoms. The number of hydrazine groups is 1. The van der Waals surface area contributed by atoms with Gasteiger partial charge >= 0.3 is 6.01 Å². The van der Waals surface area contributed by atoms with Gasteiger partial charge in [-0.05, 0) is 12.1 Å². The van der Waals surface area contributed by atoms with Gasteiger partial charge < -0.3 is 9.84 Å². The molecule has 0 radical (unpaired) electrons. The number of amides is 1. The molecule has 0 aliphatic heterocycles. The van der Waals surface area contributed by atoms with Crippen molar-refractivity contribution in [3.8, 4) is 0 Å². The average Bonchev–Trinajstić information content (AvgIpc) is 2.83. The molecule has 0 saturated carbocycles. The highest BCUT2D eigenvalue weighted by Crippen LogP contribution is 2.23. The molecule has 1 heterocycles. The number of nitrogens with one attached hydrogen (secondary N) is 2. The summed E-state index contributed by atoms with van der Waals surface area (Å²) in [7, 11) is 0. The molecule has 1 aromatic heterocycles. The third-order valence-electron chi connectivity index (χ3n) is 2.35. The van der Waals surface area contributed by atoms with Crippen LogP contribution in [0.25, 0.3) is 0 Å². The van der Waals surface area contributed by atoms with Crippen LogP contribution in [0.1, 0.15) is 16.2 Å². The summed E-state index contributed by atoms with van der Waals surface area (Å²) >= 11 is 0. The van der Waals surface area contributed by atoms with Gasteiger partial charge in [-0.1, -0.05) is 5.10 Å². The molecule has 1 amide bonds. The normalized spacial score (nSPS) is 10.1. The maximum Gasteiger partial charge on any atom is 0.322 e. The summed E-state index contributed by atoms with van der Waals surface area (Å²) in [6, 6.07) is 3.65. The fraction of sp³-hybridized carbons (Fsp3) is 0.100. The van der Waals surface area contributed by atoms with E-state index in [4.69, 9.17) is 10.3 Å². The van der Waals surface area contributed by atoms with Crippen LogP contribution in [-0.4, -0.2) is 21.0 Å². The molecule has 0 bridgehead atoms. The first-order valence-corrected chi connectivity index (χ1v) is 5.38. The maximum absolute atomic E-state index is 12.0. The second-order valence-electron chi connectivity index (χ2n) is 3.71. The van der Waals surface area contributed by atoms with Crippen molar-refractivity contribution in [2.45, 2.75) is 6.92 Å². The summed E-state index contributed by atoms with van der Waals surface area (Å²) in [5.41, 5.74) is 2.11. The van der Waals surface area contributed by atoms with Crippen molar-refractivity contribution in [1.29, 1.82) is 0 Å². The molecule has 0 spiro atoms. The lowest BCUT2D eigenvalue weighted by Crippen LogP contribution is -2.15. The number of carbonyl (C=O) groups is 1. The molecule has 0 atom stereocenters. The van der Waals surface area contributed by atoms with Crippen LogP contribution in [0.5, 0.6) is 0 Å². The van der Waals surface area contributed by atoms with E-state index in [1.165, 1.54) is 18.2 Å². The Morgan fingerprint density at radius 3 is 2.75 bits per heavy atom. The standard InChI is InChI=1S/C10H10N6O4/c1-5-14-15-10(20-5)12-9(17)7-4-6(13-11)2-3-8(7)16(18)19/h2-4,13H,11H2,1H3,(H,12,15,17). The monoisotopic (exact) mass is 278 g/mol. The summed E-state index contributed by atoms with van der Waals surface area (Å²) < 4.78 is 4.97. The van der Waals surface area contributed by atoms with E-state index in [0.29, 0.717) is 5.69 Å². The third kappa shape index (κ3) is 2.70. The quantitative estimate of drug-likeness (QED) is 0.422. The molecule has 0 fully saturated rings. The van der Waals surface area contributed by atoms with Gasteiger partial charge in [0.25, 0.3) is 11.6 Å². The molecule has 104 valence electrons. The van der Waals surface area contributed by atoms with Gasteiger partial charge in [0, 0.05) is 18.7 Å². The summed E-state index contributed by atoms with van der Waals surface area (Å²) in [6.45, 7) is 1.55. The Labute approximate surface area is 112 Å². The molecule has 2 aromatic rings. The van der Waals surface area contributed by atoms with Crippen LogP contribution >= 0.6 is 0 Å². The van der Waals surface area contributed by atoms with Crippen LogP contribution in [0, 0.1) is 17.0 Å². The van der Waals surface area contributed by atoms with E-state index >= 15 is 0 Å². The Balaban J connectivity index is 2.34. The van der Waals surface area contributed by atoms with Gasteiger partial charge in [-0.2, -0.15) is 0 Å². The summed E-state index contributed by atoms with van der Waals surface area (Å²) in [6.07, 6.45) is 0. The first-order valence-electron chi connectivity index (χ1n) is 5.38. The van der Waals surface area contributed by atoms with Crippen LogP contribution in [0.2, 0.25) is 0 Å². The lowest BCUT2D eigenvalue weighted by atomic mass is 10.1. The highest BCUT2D eigenvalue weighted by atomic mass is 16.6. The molecular formula is C10H10N6O4. The fourth-order valence-electron chi connectivity index (χ4n) is 1.48. The Morgan fingerprint density at radius 2 is 2.20 bits per heavy atom. The SMILES string of the molecule is Cc1nnc(NC(=O)c2cc(NN)ccc2[N+](=O)[O-])o1.